The predicted octanol–water partition coefficient (Wildman–Crippen LogP) is 4.91. The fourth-order valence-corrected chi connectivity index (χ4v) is 2.31. The molecular formula is C17H13ClFNO. The normalized spacial score (nSPS) is 10.8. The summed E-state index contributed by atoms with van der Waals surface area (Å²) < 4.78 is 18.9. The van der Waals surface area contributed by atoms with Crippen molar-refractivity contribution in [2.45, 2.75) is 13.5 Å². The molecule has 21 heavy (non-hydrogen) atoms. The number of benzene rings is 2. The van der Waals surface area contributed by atoms with E-state index in [9.17, 15) is 4.39 Å². The number of hydrogen-bond acceptors (Lipinski definition) is 2. The number of aromatic nitrogens is 1. The van der Waals surface area contributed by atoms with Crippen molar-refractivity contribution in [2.24, 2.45) is 0 Å². The van der Waals surface area contributed by atoms with E-state index < -0.39 is 0 Å². The third-order valence-electron chi connectivity index (χ3n) is 3.27. The summed E-state index contributed by atoms with van der Waals surface area (Å²) in [5, 5.41) is 1.43. The SMILES string of the molecule is Cc1cc(OCc2cc3ccccc3nc2Cl)ccc1F. The standard InChI is InChI=1S/C17H13ClFNO/c1-11-8-14(6-7-15(11)19)21-10-13-9-12-4-2-3-5-16(12)20-17(13)18/h2-9H,10H2,1H3. The Balaban J connectivity index is 1.84. The van der Waals surface area contributed by atoms with Crippen LogP contribution in [0.25, 0.3) is 10.9 Å². The average molecular weight is 302 g/mol. The van der Waals surface area contributed by atoms with Crippen molar-refractivity contribution in [3.05, 3.63) is 70.6 Å². The molecule has 0 unspecified atom stereocenters. The lowest BCUT2D eigenvalue weighted by Gasteiger charge is -2.09. The Labute approximate surface area is 127 Å². The Hall–Kier alpha value is -2.13. The minimum Gasteiger partial charge on any atom is -0.489 e. The molecule has 0 bridgehead atoms. The van der Waals surface area contributed by atoms with Gasteiger partial charge in [-0.15, -0.1) is 0 Å². The van der Waals surface area contributed by atoms with Crippen molar-refractivity contribution in [3.63, 3.8) is 0 Å². The highest BCUT2D eigenvalue weighted by molar-refractivity contribution is 6.30. The van der Waals surface area contributed by atoms with Crippen LogP contribution in [0.2, 0.25) is 5.15 Å². The lowest BCUT2D eigenvalue weighted by atomic mass is 10.1. The number of aryl methyl sites for hydroxylation is 1. The zero-order chi connectivity index (χ0) is 14.8. The second-order valence-electron chi connectivity index (χ2n) is 4.83. The Morgan fingerprint density at radius 2 is 1.95 bits per heavy atom. The Bertz CT molecular complexity index is 804. The van der Waals surface area contributed by atoms with E-state index in [4.69, 9.17) is 16.3 Å². The van der Waals surface area contributed by atoms with Gasteiger partial charge in [-0.1, -0.05) is 29.8 Å². The maximum Gasteiger partial charge on any atom is 0.136 e. The summed E-state index contributed by atoms with van der Waals surface area (Å²) in [7, 11) is 0. The van der Waals surface area contributed by atoms with Crippen LogP contribution < -0.4 is 4.74 Å². The third kappa shape index (κ3) is 2.98. The number of fused-ring (bicyclic) bond motifs is 1. The van der Waals surface area contributed by atoms with Crippen LogP contribution in [0.5, 0.6) is 5.75 Å². The number of pyridine rings is 1. The van der Waals surface area contributed by atoms with Gasteiger partial charge < -0.3 is 4.74 Å². The molecule has 0 atom stereocenters. The second-order valence-corrected chi connectivity index (χ2v) is 5.19. The number of ether oxygens (including phenoxy) is 1. The largest absolute Gasteiger partial charge is 0.489 e. The molecule has 1 heterocycles. The van der Waals surface area contributed by atoms with E-state index >= 15 is 0 Å². The zero-order valence-corrected chi connectivity index (χ0v) is 12.2. The highest BCUT2D eigenvalue weighted by atomic mass is 35.5. The quantitative estimate of drug-likeness (QED) is 0.641. The Morgan fingerprint density at radius 1 is 1.14 bits per heavy atom. The van der Waals surface area contributed by atoms with Gasteiger partial charge in [0.25, 0.3) is 0 Å². The number of halogens is 2. The molecule has 3 rings (SSSR count). The van der Waals surface area contributed by atoms with E-state index in [1.54, 1.807) is 19.1 Å². The zero-order valence-electron chi connectivity index (χ0n) is 11.4. The molecule has 2 aromatic carbocycles. The van der Waals surface area contributed by atoms with Crippen LogP contribution in [0.15, 0.2) is 48.5 Å². The molecule has 0 radical (unpaired) electrons. The first-order valence-electron chi connectivity index (χ1n) is 6.56. The molecule has 1 aromatic heterocycles. The van der Waals surface area contributed by atoms with E-state index in [2.05, 4.69) is 4.98 Å². The lowest BCUT2D eigenvalue weighted by Crippen LogP contribution is -1.98. The molecule has 0 spiro atoms. The summed E-state index contributed by atoms with van der Waals surface area (Å²) in [6.07, 6.45) is 0. The van der Waals surface area contributed by atoms with Gasteiger partial charge in [0.1, 0.15) is 23.3 Å². The second kappa shape index (κ2) is 5.70. The smallest absolute Gasteiger partial charge is 0.136 e. The van der Waals surface area contributed by atoms with E-state index in [0.717, 1.165) is 16.5 Å². The summed E-state index contributed by atoms with van der Waals surface area (Å²) in [6.45, 7) is 1.99. The maximum atomic E-state index is 13.2. The minimum atomic E-state index is -0.243. The van der Waals surface area contributed by atoms with Crippen molar-refractivity contribution >= 4 is 22.5 Å². The molecule has 0 saturated carbocycles. The number of hydrogen-bond donors (Lipinski definition) is 0. The van der Waals surface area contributed by atoms with Gasteiger partial charge in [-0.2, -0.15) is 0 Å². The fourth-order valence-electron chi connectivity index (χ4n) is 2.11. The summed E-state index contributed by atoms with van der Waals surface area (Å²) in [6, 6.07) is 14.4. The first-order valence-corrected chi connectivity index (χ1v) is 6.94. The number of nitrogens with zero attached hydrogens (tertiary/aromatic N) is 1. The molecule has 0 amide bonds. The Kier molecular flexibility index (Phi) is 3.76. The highest BCUT2D eigenvalue weighted by Gasteiger charge is 2.06. The Morgan fingerprint density at radius 3 is 2.76 bits per heavy atom. The molecule has 2 nitrogen and oxygen atoms in total. The van der Waals surface area contributed by atoms with Gasteiger partial charge in [-0.05, 0) is 42.8 Å². The van der Waals surface area contributed by atoms with Crippen molar-refractivity contribution < 1.29 is 9.13 Å². The van der Waals surface area contributed by atoms with Gasteiger partial charge >= 0.3 is 0 Å². The molecule has 106 valence electrons. The first-order chi connectivity index (χ1) is 10.1. The third-order valence-corrected chi connectivity index (χ3v) is 3.60. The molecule has 0 saturated heterocycles. The van der Waals surface area contributed by atoms with Crippen molar-refractivity contribution in [1.29, 1.82) is 0 Å². The molecule has 0 aliphatic rings. The number of para-hydroxylation sites is 1. The van der Waals surface area contributed by atoms with Crippen LogP contribution in [0.4, 0.5) is 4.39 Å². The molecule has 0 N–H and O–H groups in total. The van der Waals surface area contributed by atoms with Crippen LogP contribution >= 0.6 is 11.6 Å². The first kappa shape index (κ1) is 13.8. The van der Waals surface area contributed by atoms with Crippen LogP contribution in [-0.4, -0.2) is 4.98 Å². The van der Waals surface area contributed by atoms with E-state index in [1.807, 2.05) is 30.3 Å². The molecule has 4 heteroatoms. The topological polar surface area (TPSA) is 22.1 Å². The van der Waals surface area contributed by atoms with Crippen LogP contribution in [0.3, 0.4) is 0 Å². The van der Waals surface area contributed by atoms with Gasteiger partial charge in [0, 0.05) is 10.9 Å². The maximum absolute atomic E-state index is 13.2. The van der Waals surface area contributed by atoms with Gasteiger partial charge in [-0.3, -0.25) is 0 Å². The van der Waals surface area contributed by atoms with E-state index in [0.29, 0.717) is 23.1 Å². The molecule has 0 aliphatic heterocycles. The molecule has 3 aromatic rings. The van der Waals surface area contributed by atoms with E-state index in [-0.39, 0.29) is 5.82 Å². The van der Waals surface area contributed by atoms with Crippen molar-refractivity contribution in [3.8, 4) is 5.75 Å². The van der Waals surface area contributed by atoms with Gasteiger partial charge in [0.05, 0.1) is 5.52 Å². The summed E-state index contributed by atoms with van der Waals surface area (Å²) in [5.41, 5.74) is 2.21. The monoisotopic (exact) mass is 301 g/mol. The van der Waals surface area contributed by atoms with Crippen molar-refractivity contribution in [2.75, 3.05) is 0 Å². The highest BCUT2D eigenvalue weighted by Crippen LogP contribution is 2.23. The van der Waals surface area contributed by atoms with Gasteiger partial charge in [0.15, 0.2) is 0 Å². The molecular weight excluding hydrogens is 289 g/mol. The summed E-state index contributed by atoms with van der Waals surface area (Å²) in [5.74, 6) is 0.367. The lowest BCUT2D eigenvalue weighted by molar-refractivity contribution is 0.305. The average Bonchev–Trinajstić information content (AvgIpc) is 2.48. The van der Waals surface area contributed by atoms with Crippen molar-refractivity contribution in [1.82, 2.24) is 4.98 Å². The predicted molar refractivity (Wildman–Crippen MR) is 82.2 cm³/mol. The van der Waals surface area contributed by atoms with Crippen LogP contribution in [0, 0.1) is 12.7 Å². The van der Waals surface area contributed by atoms with Crippen LogP contribution in [-0.2, 0) is 6.61 Å². The minimum absolute atomic E-state index is 0.243. The summed E-state index contributed by atoms with van der Waals surface area (Å²) in [4.78, 5) is 4.34. The molecule has 0 fully saturated rings. The summed E-state index contributed by atoms with van der Waals surface area (Å²) >= 11 is 6.17. The van der Waals surface area contributed by atoms with Gasteiger partial charge in [0.2, 0.25) is 0 Å². The fraction of sp³-hybridized carbons (Fsp3) is 0.118. The number of rotatable bonds is 3. The molecule has 0 aliphatic carbocycles. The van der Waals surface area contributed by atoms with E-state index in [1.165, 1.54) is 6.07 Å². The van der Waals surface area contributed by atoms with Crippen LogP contribution in [0.1, 0.15) is 11.1 Å². The van der Waals surface area contributed by atoms with Gasteiger partial charge in [-0.25, -0.2) is 9.37 Å².